The molecule has 1 atom stereocenters. The van der Waals surface area contributed by atoms with Gasteiger partial charge >= 0.3 is 0 Å². The fourth-order valence-corrected chi connectivity index (χ4v) is 4.04. The van der Waals surface area contributed by atoms with E-state index in [9.17, 15) is 8.42 Å². The maximum Gasteiger partial charge on any atom is 0.211 e. The number of hydrogen-bond donors (Lipinski definition) is 3. The Morgan fingerprint density at radius 2 is 1.88 bits per heavy atom. The van der Waals surface area contributed by atoms with Crippen LogP contribution in [0.25, 0.3) is 0 Å². The number of nitrogens with one attached hydrogen (secondary N) is 2. The van der Waals surface area contributed by atoms with Crippen molar-refractivity contribution in [3.63, 3.8) is 0 Å². The van der Waals surface area contributed by atoms with Crippen LogP contribution in [0, 0.1) is 11.8 Å². The summed E-state index contributed by atoms with van der Waals surface area (Å²) in [5, 5.41) is 15.8. The highest BCUT2D eigenvalue weighted by Crippen LogP contribution is 2.18. The molecule has 1 aliphatic heterocycles. The minimum absolute atomic E-state index is 0. The molecule has 1 rings (SSSR count). The molecular formula is C17H37IN4O3S. The number of piperidine rings is 1. The van der Waals surface area contributed by atoms with Crippen LogP contribution in [0.15, 0.2) is 4.99 Å². The average molecular weight is 504 g/mol. The number of hydrogen-bond acceptors (Lipinski definition) is 4. The summed E-state index contributed by atoms with van der Waals surface area (Å²) in [7, 11) is -3.06. The lowest BCUT2D eigenvalue weighted by molar-refractivity contribution is 0.253. The van der Waals surface area contributed by atoms with E-state index in [4.69, 9.17) is 5.11 Å². The second-order valence-corrected chi connectivity index (χ2v) is 8.86. The molecule has 156 valence electrons. The number of aliphatic hydroxyl groups is 1. The molecule has 3 N–H and O–H groups in total. The van der Waals surface area contributed by atoms with E-state index in [1.165, 1.54) is 6.26 Å². The molecule has 1 unspecified atom stereocenters. The fourth-order valence-electron chi connectivity index (χ4n) is 3.17. The Morgan fingerprint density at radius 3 is 2.38 bits per heavy atom. The molecule has 0 amide bonds. The van der Waals surface area contributed by atoms with Gasteiger partial charge in [-0.15, -0.1) is 24.0 Å². The molecule has 0 bridgehead atoms. The summed E-state index contributed by atoms with van der Waals surface area (Å²) in [6.07, 6.45) is 6.00. The molecule has 9 heteroatoms. The highest BCUT2D eigenvalue weighted by Gasteiger charge is 2.24. The number of aliphatic imine (C=N–C) groups is 1. The third kappa shape index (κ3) is 10.3. The minimum Gasteiger partial charge on any atom is -0.396 e. The van der Waals surface area contributed by atoms with Gasteiger partial charge in [0.1, 0.15) is 0 Å². The van der Waals surface area contributed by atoms with Gasteiger partial charge in [0.05, 0.1) is 6.26 Å². The number of nitrogens with zero attached hydrogens (tertiary/aromatic N) is 2. The number of guanidine groups is 1. The molecule has 0 aliphatic carbocycles. The molecule has 0 aromatic heterocycles. The third-order valence-electron chi connectivity index (χ3n) is 4.69. The first-order valence-corrected chi connectivity index (χ1v) is 11.3. The van der Waals surface area contributed by atoms with Crippen molar-refractivity contribution in [2.24, 2.45) is 16.8 Å². The van der Waals surface area contributed by atoms with Crippen molar-refractivity contribution < 1.29 is 13.5 Å². The molecule has 0 saturated carbocycles. The zero-order valence-electron chi connectivity index (χ0n) is 16.4. The molecule has 1 aliphatic rings. The van der Waals surface area contributed by atoms with E-state index in [1.807, 2.05) is 6.92 Å². The first-order valence-electron chi connectivity index (χ1n) is 9.48. The van der Waals surface area contributed by atoms with Crippen LogP contribution in [-0.4, -0.2) is 69.4 Å². The highest BCUT2D eigenvalue weighted by atomic mass is 127. The Kier molecular flexibility index (Phi) is 13.9. The van der Waals surface area contributed by atoms with E-state index in [1.54, 1.807) is 4.31 Å². The molecule has 0 radical (unpaired) electrons. The van der Waals surface area contributed by atoms with Crippen molar-refractivity contribution in [2.45, 2.75) is 46.0 Å². The Hall–Kier alpha value is -0.130. The smallest absolute Gasteiger partial charge is 0.211 e. The van der Waals surface area contributed by atoms with Gasteiger partial charge in [-0.1, -0.05) is 13.3 Å². The van der Waals surface area contributed by atoms with Crippen molar-refractivity contribution in [1.29, 1.82) is 0 Å². The van der Waals surface area contributed by atoms with Gasteiger partial charge in [0, 0.05) is 39.3 Å². The van der Waals surface area contributed by atoms with Gasteiger partial charge < -0.3 is 15.7 Å². The molecule has 7 nitrogen and oxygen atoms in total. The van der Waals surface area contributed by atoms with Crippen molar-refractivity contribution >= 4 is 40.0 Å². The van der Waals surface area contributed by atoms with Gasteiger partial charge in [0.2, 0.25) is 10.0 Å². The molecule has 1 heterocycles. The van der Waals surface area contributed by atoms with Crippen molar-refractivity contribution in [2.75, 3.05) is 45.6 Å². The van der Waals surface area contributed by atoms with Gasteiger partial charge in [0.15, 0.2) is 5.96 Å². The maximum atomic E-state index is 11.6. The number of rotatable bonds is 10. The van der Waals surface area contributed by atoms with Crippen LogP contribution < -0.4 is 10.6 Å². The van der Waals surface area contributed by atoms with E-state index in [2.05, 4.69) is 22.5 Å². The van der Waals surface area contributed by atoms with Crippen LogP contribution in [0.1, 0.15) is 46.0 Å². The predicted molar refractivity (Wildman–Crippen MR) is 119 cm³/mol. The molecule has 0 spiro atoms. The fraction of sp³-hybridized carbons (Fsp3) is 0.941. The normalized spacial score (nSPS) is 18.2. The first-order chi connectivity index (χ1) is 11.9. The van der Waals surface area contributed by atoms with Crippen LogP contribution in [0.4, 0.5) is 0 Å². The largest absolute Gasteiger partial charge is 0.396 e. The minimum atomic E-state index is -3.06. The third-order valence-corrected chi connectivity index (χ3v) is 5.99. The second-order valence-electron chi connectivity index (χ2n) is 6.87. The lowest BCUT2D eigenvalue weighted by atomic mass is 9.98. The Balaban J connectivity index is 0.00000625. The van der Waals surface area contributed by atoms with Crippen molar-refractivity contribution in [3.8, 4) is 0 Å². The summed E-state index contributed by atoms with van der Waals surface area (Å²) >= 11 is 0. The zero-order valence-corrected chi connectivity index (χ0v) is 19.6. The summed E-state index contributed by atoms with van der Waals surface area (Å²) in [5.74, 6) is 1.70. The predicted octanol–water partition coefficient (Wildman–Crippen LogP) is 1.63. The SMILES string of the molecule is CCCC(CCO)CN=C(NCC)NCC1CCN(S(C)(=O)=O)CC1.I. The zero-order chi connectivity index (χ0) is 18.7. The number of aliphatic hydroxyl groups excluding tert-OH is 1. The van der Waals surface area contributed by atoms with E-state index in [0.29, 0.717) is 24.9 Å². The molecule has 0 aromatic rings. The van der Waals surface area contributed by atoms with Crippen LogP contribution in [0.3, 0.4) is 0 Å². The second kappa shape index (κ2) is 14.0. The monoisotopic (exact) mass is 504 g/mol. The summed E-state index contributed by atoms with van der Waals surface area (Å²) in [6, 6.07) is 0. The van der Waals surface area contributed by atoms with Crippen LogP contribution in [0.2, 0.25) is 0 Å². The van der Waals surface area contributed by atoms with Gasteiger partial charge in [0.25, 0.3) is 0 Å². The lowest BCUT2D eigenvalue weighted by Crippen LogP contribution is -2.44. The van der Waals surface area contributed by atoms with E-state index < -0.39 is 10.0 Å². The molecule has 1 saturated heterocycles. The van der Waals surface area contributed by atoms with Crippen LogP contribution in [-0.2, 0) is 10.0 Å². The van der Waals surface area contributed by atoms with Crippen molar-refractivity contribution in [1.82, 2.24) is 14.9 Å². The van der Waals surface area contributed by atoms with E-state index >= 15 is 0 Å². The van der Waals surface area contributed by atoms with Crippen LogP contribution >= 0.6 is 24.0 Å². The standard InChI is InChI=1S/C17H36N4O3S.HI/c1-4-6-15(9-12-22)13-19-17(18-5-2)20-14-16-7-10-21(11-8-16)25(3,23)24;/h15-16,22H,4-14H2,1-3H3,(H2,18,19,20);1H. The Labute approximate surface area is 176 Å². The highest BCUT2D eigenvalue weighted by molar-refractivity contribution is 14.0. The molecule has 0 aromatic carbocycles. The quantitative estimate of drug-likeness (QED) is 0.239. The molecule has 26 heavy (non-hydrogen) atoms. The number of sulfonamides is 1. The van der Waals surface area contributed by atoms with Gasteiger partial charge in [-0.3, -0.25) is 4.99 Å². The Bertz CT molecular complexity index is 488. The van der Waals surface area contributed by atoms with Gasteiger partial charge in [-0.05, 0) is 44.4 Å². The van der Waals surface area contributed by atoms with E-state index in [0.717, 1.165) is 57.7 Å². The summed E-state index contributed by atoms with van der Waals surface area (Å²) in [6.45, 7) is 7.94. The average Bonchev–Trinajstić information content (AvgIpc) is 2.57. The molecule has 1 fully saturated rings. The van der Waals surface area contributed by atoms with Gasteiger partial charge in [-0.25, -0.2) is 12.7 Å². The summed E-state index contributed by atoms with van der Waals surface area (Å²) < 4.78 is 24.7. The Morgan fingerprint density at radius 1 is 1.23 bits per heavy atom. The number of halogens is 1. The van der Waals surface area contributed by atoms with Crippen LogP contribution in [0.5, 0.6) is 0 Å². The maximum absolute atomic E-state index is 11.6. The van der Waals surface area contributed by atoms with E-state index in [-0.39, 0.29) is 30.6 Å². The lowest BCUT2D eigenvalue weighted by Gasteiger charge is -2.30. The summed E-state index contributed by atoms with van der Waals surface area (Å²) in [5.41, 5.74) is 0. The topological polar surface area (TPSA) is 94.0 Å². The van der Waals surface area contributed by atoms with Gasteiger partial charge in [-0.2, -0.15) is 0 Å². The summed E-state index contributed by atoms with van der Waals surface area (Å²) in [4.78, 5) is 4.67. The molecular weight excluding hydrogens is 467 g/mol. The first kappa shape index (κ1) is 25.9. The van der Waals surface area contributed by atoms with Crippen molar-refractivity contribution in [3.05, 3.63) is 0 Å².